The van der Waals surface area contributed by atoms with Crippen LogP contribution in [0.4, 0.5) is 16.6 Å². The lowest BCUT2D eigenvalue weighted by molar-refractivity contribution is 0.259. The van der Waals surface area contributed by atoms with E-state index < -0.39 is 6.03 Å². The molecule has 0 spiro atoms. The molecule has 0 bridgehead atoms. The molecular weight excluding hydrogens is 174 g/mol. The summed E-state index contributed by atoms with van der Waals surface area (Å²) in [6.45, 7) is 0. The number of aromatic amines is 1. The minimum atomic E-state index is -0.695. The molecule has 0 radical (unpaired) electrons. The first-order valence-corrected chi connectivity index (χ1v) is 3.29. The maximum Gasteiger partial charge on any atom is 0.317 e. The maximum absolute atomic E-state index is 10.4. The van der Waals surface area contributed by atoms with Crippen molar-refractivity contribution in [1.82, 2.24) is 9.97 Å². The maximum atomic E-state index is 10.4. The molecule has 0 unspecified atom stereocenters. The van der Waals surface area contributed by atoms with Crippen LogP contribution in [0.2, 0.25) is 0 Å². The number of amides is 2. The smallest absolute Gasteiger partial charge is 0.317 e. The summed E-state index contributed by atoms with van der Waals surface area (Å²) in [6, 6.07) is -0.695. The van der Waals surface area contributed by atoms with Crippen LogP contribution in [0.1, 0.15) is 0 Å². The molecule has 0 aliphatic rings. The fourth-order valence-corrected chi connectivity index (χ4v) is 0.686. The van der Waals surface area contributed by atoms with E-state index in [2.05, 4.69) is 20.3 Å². The number of nitrogens with two attached hydrogens (primary N) is 3. The van der Waals surface area contributed by atoms with E-state index in [0.717, 1.165) is 0 Å². The fraction of sp³-hybridized carbons (Fsp3) is 0. The number of aliphatic imine (C=N–C) groups is 1. The third-order valence-corrected chi connectivity index (χ3v) is 1.06. The highest BCUT2D eigenvalue weighted by molar-refractivity contribution is 5.86. The predicted molar refractivity (Wildman–Crippen MR) is 47.3 cm³/mol. The molecule has 1 aromatic rings. The SMILES string of the molecule is NC(=O)Nc1cnc(N=C(N)N)[nH]1. The second-order valence-corrected chi connectivity index (χ2v) is 2.15. The highest BCUT2D eigenvalue weighted by atomic mass is 16.2. The molecule has 1 aromatic heterocycles. The average Bonchev–Trinajstić information content (AvgIpc) is 2.33. The van der Waals surface area contributed by atoms with Gasteiger partial charge in [0.15, 0.2) is 5.96 Å². The number of anilines is 1. The first-order chi connectivity index (χ1) is 6.08. The number of hydrogen-bond donors (Lipinski definition) is 5. The quantitative estimate of drug-likeness (QED) is 0.289. The third-order valence-electron chi connectivity index (χ3n) is 1.06. The van der Waals surface area contributed by atoms with Crippen LogP contribution in [0.15, 0.2) is 11.2 Å². The summed E-state index contributed by atoms with van der Waals surface area (Å²) in [6.07, 6.45) is 1.34. The van der Waals surface area contributed by atoms with Gasteiger partial charge in [-0.05, 0) is 0 Å². The van der Waals surface area contributed by atoms with Gasteiger partial charge in [-0.15, -0.1) is 0 Å². The number of nitrogens with zero attached hydrogens (tertiary/aromatic N) is 2. The van der Waals surface area contributed by atoms with Gasteiger partial charge in [0.2, 0.25) is 5.95 Å². The van der Waals surface area contributed by atoms with Crippen LogP contribution in [0, 0.1) is 0 Å². The summed E-state index contributed by atoms with van der Waals surface area (Å²) in [5.41, 5.74) is 15.0. The van der Waals surface area contributed by atoms with Crippen molar-refractivity contribution in [2.24, 2.45) is 22.2 Å². The van der Waals surface area contributed by atoms with Crippen LogP contribution in [0.25, 0.3) is 0 Å². The van der Waals surface area contributed by atoms with E-state index >= 15 is 0 Å². The van der Waals surface area contributed by atoms with Gasteiger partial charge < -0.3 is 22.2 Å². The molecule has 13 heavy (non-hydrogen) atoms. The fourth-order valence-electron chi connectivity index (χ4n) is 0.686. The van der Waals surface area contributed by atoms with Crippen molar-refractivity contribution < 1.29 is 4.79 Å². The topological polar surface area (TPSA) is 148 Å². The number of carbonyl (C=O) groups excluding carboxylic acids is 1. The lowest BCUT2D eigenvalue weighted by atomic mass is 10.7. The van der Waals surface area contributed by atoms with Crippen LogP contribution < -0.4 is 22.5 Å². The minimum absolute atomic E-state index is 0.125. The molecule has 0 saturated heterocycles. The average molecular weight is 183 g/mol. The number of primary amides is 1. The molecule has 0 aliphatic carbocycles. The number of hydrogen-bond acceptors (Lipinski definition) is 3. The molecule has 1 rings (SSSR count). The molecule has 0 fully saturated rings. The molecular formula is C5H9N7O. The molecule has 0 aliphatic heterocycles. The van der Waals surface area contributed by atoms with E-state index in [1.807, 2.05) is 0 Å². The minimum Gasteiger partial charge on any atom is -0.370 e. The van der Waals surface area contributed by atoms with Crippen molar-refractivity contribution in [2.75, 3.05) is 5.32 Å². The van der Waals surface area contributed by atoms with Gasteiger partial charge in [-0.25, -0.2) is 9.78 Å². The van der Waals surface area contributed by atoms with E-state index in [9.17, 15) is 4.79 Å². The van der Waals surface area contributed by atoms with Gasteiger partial charge in [0, 0.05) is 0 Å². The van der Waals surface area contributed by atoms with Crippen LogP contribution in [-0.2, 0) is 0 Å². The van der Waals surface area contributed by atoms with Gasteiger partial charge in [0.05, 0.1) is 6.20 Å². The van der Waals surface area contributed by atoms with Gasteiger partial charge in [0.1, 0.15) is 5.82 Å². The second-order valence-electron chi connectivity index (χ2n) is 2.15. The van der Waals surface area contributed by atoms with E-state index in [1.165, 1.54) is 6.20 Å². The Hall–Kier alpha value is -2.25. The Balaban J connectivity index is 2.75. The van der Waals surface area contributed by atoms with Crippen LogP contribution in [-0.4, -0.2) is 22.0 Å². The molecule has 8 N–H and O–H groups in total. The van der Waals surface area contributed by atoms with Crippen LogP contribution in [0.5, 0.6) is 0 Å². The number of urea groups is 1. The molecule has 0 aromatic carbocycles. The highest BCUT2D eigenvalue weighted by Gasteiger charge is 2.00. The summed E-state index contributed by atoms with van der Waals surface area (Å²) < 4.78 is 0. The Morgan fingerprint density at radius 2 is 2.23 bits per heavy atom. The zero-order valence-corrected chi connectivity index (χ0v) is 6.61. The van der Waals surface area contributed by atoms with Crippen molar-refractivity contribution in [3.8, 4) is 0 Å². The van der Waals surface area contributed by atoms with Crippen molar-refractivity contribution >= 4 is 23.8 Å². The van der Waals surface area contributed by atoms with Crippen molar-refractivity contribution in [2.45, 2.75) is 0 Å². The Morgan fingerprint density at radius 1 is 1.54 bits per heavy atom. The molecule has 2 amide bonds. The predicted octanol–water partition coefficient (Wildman–Crippen LogP) is -1.19. The largest absolute Gasteiger partial charge is 0.370 e. The summed E-state index contributed by atoms with van der Waals surface area (Å²) in [5, 5.41) is 2.27. The van der Waals surface area contributed by atoms with E-state index in [4.69, 9.17) is 17.2 Å². The van der Waals surface area contributed by atoms with Crippen molar-refractivity contribution in [1.29, 1.82) is 0 Å². The lowest BCUT2D eigenvalue weighted by Crippen LogP contribution is -2.22. The second kappa shape index (κ2) is 3.43. The molecule has 1 heterocycles. The number of rotatable bonds is 2. The molecule has 0 atom stereocenters. The summed E-state index contributed by atoms with van der Waals surface area (Å²) in [4.78, 5) is 20.3. The number of H-pyrrole nitrogens is 1. The van der Waals surface area contributed by atoms with Crippen molar-refractivity contribution in [3.05, 3.63) is 6.20 Å². The van der Waals surface area contributed by atoms with Gasteiger partial charge in [-0.1, -0.05) is 0 Å². The number of aromatic nitrogens is 2. The number of imidazole rings is 1. The van der Waals surface area contributed by atoms with Crippen LogP contribution in [0.3, 0.4) is 0 Å². The first kappa shape index (κ1) is 8.84. The Morgan fingerprint density at radius 3 is 2.77 bits per heavy atom. The molecule has 8 heteroatoms. The van der Waals surface area contributed by atoms with Gasteiger partial charge >= 0.3 is 6.03 Å². The molecule has 70 valence electrons. The van der Waals surface area contributed by atoms with E-state index in [0.29, 0.717) is 5.82 Å². The molecule has 0 saturated carbocycles. The number of nitrogens with one attached hydrogen (secondary N) is 2. The number of carbonyl (C=O) groups is 1. The highest BCUT2D eigenvalue weighted by Crippen LogP contribution is 2.09. The Kier molecular flexibility index (Phi) is 2.33. The molecule has 8 nitrogen and oxygen atoms in total. The van der Waals surface area contributed by atoms with Gasteiger partial charge in [0.25, 0.3) is 0 Å². The van der Waals surface area contributed by atoms with Gasteiger partial charge in [-0.2, -0.15) is 4.99 Å². The number of guanidine groups is 1. The van der Waals surface area contributed by atoms with Crippen LogP contribution >= 0.6 is 0 Å². The lowest BCUT2D eigenvalue weighted by Gasteiger charge is -1.93. The summed E-state index contributed by atoms with van der Waals surface area (Å²) in [7, 11) is 0. The Bertz CT molecular complexity index is 336. The normalized spacial score (nSPS) is 9.23. The summed E-state index contributed by atoms with van der Waals surface area (Å²) in [5.74, 6) is 0.399. The zero-order chi connectivity index (χ0) is 9.84. The van der Waals surface area contributed by atoms with E-state index in [1.54, 1.807) is 0 Å². The third kappa shape index (κ3) is 2.69. The zero-order valence-electron chi connectivity index (χ0n) is 6.61. The standard InChI is InChI=1S/C5H9N7O/c6-3(7)12-5-9-1-2(11-5)10-4(8)13/h1H,(H3,8,10,13)(H5,6,7,9,11,12). The van der Waals surface area contributed by atoms with E-state index in [-0.39, 0.29) is 11.9 Å². The first-order valence-electron chi connectivity index (χ1n) is 3.29. The van der Waals surface area contributed by atoms with Crippen molar-refractivity contribution in [3.63, 3.8) is 0 Å². The monoisotopic (exact) mass is 183 g/mol. The Labute approximate surface area is 73.2 Å². The van der Waals surface area contributed by atoms with Gasteiger partial charge in [-0.3, -0.25) is 5.32 Å². The summed E-state index contributed by atoms with van der Waals surface area (Å²) >= 11 is 0.